The van der Waals surface area contributed by atoms with Crippen molar-refractivity contribution < 1.29 is 4.79 Å². The summed E-state index contributed by atoms with van der Waals surface area (Å²) in [4.78, 5) is 15.8. The van der Waals surface area contributed by atoms with Crippen LogP contribution < -0.4 is 5.73 Å². The predicted molar refractivity (Wildman–Crippen MR) is 61.5 cm³/mol. The summed E-state index contributed by atoms with van der Waals surface area (Å²) in [5, 5.41) is 0. The van der Waals surface area contributed by atoms with Crippen LogP contribution in [0.3, 0.4) is 0 Å². The summed E-state index contributed by atoms with van der Waals surface area (Å²) in [6.07, 6.45) is 2.16. The van der Waals surface area contributed by atoms with Crippen molar-refractivity contribution >= 4 is 5.91 Å². The average Bonchev–Trinajstić information content (AvgIpc) is 2.16. The van der Waals surface area contributed by atoms with Crippen molar-refractivity contribution in [3.8, 4) is 0 Å². The first kappa shape index (κ1) is 12.5. The number of amides is 1. The minimum Gasteiger partial charge on any atom is -0.337 e. The maximum atomic E-state index is 11.9. The number of rotatable bonds is 3. The molecule has 0 aromatic rings. The summed E-state index contributed by atoms with van der Waals surface area (Å²) >= 11 is 0. The molecule has 0 saturated carbocycles. The van der Waals surface area contributed by atoms with E-state index in [4.69, 9.17) is 5.73 Å². The fraction of sp³-hybridized carbons (Fsp3) is 0.909. The summed E-state index contributed by atoms with van der Waals surface area (Å²) < 4.78 is 0. The first-order valence-corrected chi connectivity index (χ1v) is 5.68. The molecule has 1 saturated heterocycles. The summed E-state index contributed by atoms with van der Waals surface area (Å²) in [7, 11) is 3.84. The van der Waals surface area contributed by atoms with E-state index in [9.17, 15) is 4.79 Å². The van der Waals surface area contributed by atoms with Crippen LogP contribution in [0.1, 0.15) is 19.8 Å². The molecule has 88 valence electrons. The van der Waals surface area contributed by atoms with Gasteiger partial charge < -0.3 is 15.5 Å². The number of carbonyl (C=O) groups is 1. The normalized spacial score (nSPS) is 27.1. The number of carbonyl (C=O) groups excluding carboxylic acids is 1. The molecule has 2 N–H and O–H groups in total. The molecule has 15 heavy (non-hydrogen) atoms. The molecule has 0 aromatic heterocycles. The van der Waals surface area contributed by atoms with Gasteiger partial charge in [-0.05, 0) is 32.9 Å². The number of hydrogen-bond acceptors (Lipinski definition) is 3. The third-order valence-corrected chi connectivity index (χ3v) is 3.02. The summed E-state index contributed by atoms with van der Waals surface area (Å²) in [6, 6.07) is 0.251. The summed E-state index contributed by atoms with van der Waals surface area (Å²) in [5.41, 5.74) is 5.72. The quantitative estimate of drug-likeness (QED) is 0.725. The van der Waals surface area contributed by atoms with Gasteiger partial charge in [0.25, 0.3) is 0 Å². The zero-order valence-corrected chi connectivity index (χ0v) is 10.1. The maximum absolute atomic E-state index is 11.9. The minimum absolute atomic E-state index is 0.211. The topological polar surface area (TPSA) is 49.6 Å². The number of likely N-dealkylation sites (N-methyl/N-ethyl adjacent to an activating group) is 1. The predicted octanol–water partition coefficient (Wildman–Crippen LogP) is 0.134. The van der Waals surface area contributed by atoms with Gasteiger partial charge >= 0.3 is 0 Å². The number of nitrogens with zero attached hydrogens (tertiary/aromatic N) is 2. The van der Waals surface area contributed by atoms with E-state index in [1.54, 1.807) is 0 Å². The monoisotopic (exact) mass is 213 g/mol. The molecule has 0 aliphatic carbocycles. The first-order chi connectivity index (χ1) is 7.04. The van der Waals surface area contributed by atoms with Crippen LogP contribution in [0.4, 0.5) is 0 Å². The highest BCUT2D eigenvalue weighted by Crippen LogP contribution is 2.21. The zero-order valence-electron chi connectivity index (χ0n) is 10.1. The molecule has 0 radical (unpaired) electrons. The highest BCUT2D eigenvalue weighted by atomic mass is 16.2. The number of piperidine rings is 1. The molecule has 2 unspecified atom stereocenters. The van der Waals surface area contributed by atoms with Crippen LogP contribution in [-0.2, 0) is 4.79 Å². The van der Waals surface area contributed by atoms with Gasteiger partial charge in [-0.15, -0.1) is 0 Å². The second-order valence-electron chi connectivity index (χ2n) is 4.84. The molecule has 2 atom stereocenters. The Labute approximate surface area is 92.4 Å². The van der Waals surface area contributed by atoms with Crippen molar-refractivity contribution in [1.29, 1.82) is 0 Å². The highest BCUT2D eigenvalue weighted by molar-refractivity contribution is 5.78. The van der Waals surface area contributed by atoms with Crippen molar-refractivity contribution in [2.24, 2.45) is 11.7 Å². The Bertz CT molecular complexity index is 218. The third kappa shape index (κ3) is 3.47. The SMILES string of the molecule is CC1CCN(C(=O)CN(C)C)C(CN)C1. The lowest BCUT2D eigenvalue weighted by Crippen LogP contribution is -2.51. The van der Waals surface area contributed by atoms with Crippen LogP contribution >= 0.6 is 0 Å². The molecule has 1 amide bonds. The third-order valence-electron chi connectivity index (χ3n) is 3.02. The van der Waals surface area contributed by atoms with E-state index in [0.29, 0.717) is 19.0 Å². The van der Waals surface area contributed by atoms with Crippen molar-refractivity contribution in [3.63, 3.8) is 0 Å². The fourth-order valence-corrected chi connectivity index (χ4v) is 2.16. The number of nitrogens with two attached hydrogens (primary N) is 1. The smallest absolute Gasteiger partial charge is 0.237 e. The van der Waals surface area contributed by atoms with E-state index >= 15 is 0 Å². The van der Waals surface area contributed by atoms with Gasteiger partial charge in [-0.25, -0.2) is 0 Å². The zero-order chi connectivity index (χ0) is 11.4. The van der Waals surface area contributed by atoms with Crippen molar-refractivity contribution in [2.45, 2.75) is 25.8 Å². The van der Waals surface area contributed by atoms with Gasteiger partial charge in [-0.3, -0.25) is 4.79 Å². The standard InChI is InChI=1S/C11H23N3O/c1-9-4-5-14(10(6-9)7-12)11(15)8-13(2)3/h9-10H,4-8,12H2,1-3H3. The molecule has 1 rings (SSSR count). The molecule has 0 aromatic carbocycles. The van der Waals surface area contributed by atoms with Gasteiger partial charge in [0.1, 0.15) is 0 Å². The molecule has 1 aliphatic rings. The Morgan fingerprint density at radius 2 is 2.20 bits per heavy atom. The highest BCUT2D eigenvalue weighted by Gasteiger charge is 2.28. The Balaban J connectivity index is 2.55. The Morgan fingerprint density at radius 3 is 2.73 bits per heavy atom. The molecule has 1 heterocycles. The lowest BCUT2D eigenvalue weighted by molar-refractivity contribution is -0.135. The van der Waals surface area contributed by atoms with Crippen molar-refractivity contribution in [3.05, 3.63) is 0 Å². The van der Waals surface area contributed by atoms with Crippen LogP contribution in [0.15, 0.2) is 0 Å². The van der Waals surface area contributed by atoms with Crippen molar-refractivity contribution in [1.82, 2.24) is 9.80 Å². The number of hydrogen-bond donors (Lipinski definition) is 1. The van der Waals surface area contributed by atoms with Crippen LogP contribution in [0.5, 0.6) is 0 Å². The molecular formula is C11H23N3O. The molecular weight excluding hydrogens is 190 g/mol. The van der Waals surface area contributed by atoms with E-state index in [1.165, 1.54) is 0 Å². The Morgan fingerprint density at radius 1 is 1.53 bits per heavy atom. The molecule has 1 aliphatic heterocycles. The van der Waals surface area contributed by atoms with E-state index in [2.05, 4.69) is 6.92 Å². The Hall–Kier alpha value is -0.610. The summed E-state index contributed by atoms with van der Waals surface area (Å²) in [5.74, 6) is 0.907. The van der Waals surface area contributed by atoms with E-state index < -0.39 is 0 Å². The lowest BCUT2D eigenvalue weighted by atomic mass is 9.92. The summed E-state index contributed by atoms with van der Waals surface area (Å²) in [6.45, 7) is 4.18. The van der Waals surface area contributed by atoms with Crippen LogP contribution in [0.2, 0.25) is 0 Å². The lowest BCUT2D eigenvalue weighted by Gasteiger charge is -2.38. The first-order valence-electron chi connectivity index (χ1n) is 5.68. The molecule has 4 nitrogen and oxygen atoms in total. The molecule has 1 fully saturated rings. The fourth-order valence-electron chi connectivity index (χ4n) is 2.16. The number of likely N-dealkylation sites (tertiary alicyclic amines) is 1. The Kier molecular flexibility index (Phi) is 4.54. The molecule has 0 bridgehead atoms. The average molecular weight is 213 g/mol. The van der Waals surface area contributed by atoms with Gasteiger partial charge in [0.2, 0.25) is 5.91 Å². The minimum atomic E-state index is 0.211. The van der Waals surface area contributed by atoms with Crippen LogP contribution in [0.25, 0.3) is 0 Å². The van der Waals surface area contributed by atoms with E-state index in [1.807, 2.05) is 23.9 Å². The maximum Gasteiger partial charge on any atom is 0.237 e. The van der Waals surface area contributed by atoms with Crippen LogP contribution in [-0.4, -0.2) is 55.5 Å². The van der Waals surface area contributed by atoms with Gasteiger partial charge in [-0.2, -0.15) is 0 Å². The van der Waals surface area contributed by atoms with E-state index in [0.717, 1.165) is 19.4 Å². The molecule has 0 spiro atoms. The van der Waals surface area contributed by atoms with Gasteiger partial charge in [0, 0.05) is 19.1 Å². The van der Waals surface area contributed by atoms with Gasteiger partial charge in [0.05, 0.1) is 6.54 Å². The van der Waals surface area contributed by atoms with Gasteiger partial charge in [0.15, 0.2) is 0 Å². The largest absolute Gasteiger partial charge is 0.337 e. The second kappa shape index (κ2) is 5.47. The second-order valence-corrected chi connectivity index (χ2v) is 4.84. The molecule has 4 heteroatoms. The van der Waals surface area contributed by atoms with Crippen molar-refractivity contribution in [2.75, 3.05) is 33.7 Å². The van der Waals surface area contributed by atoms with E-state index in [-0.39, 0.29) is 11.9 Å². The van der Waals surface area contributed by atoms with Crippen LogP contribution in [0, 0.1) is 5.92 Å². The van der Waals surface area contributed by atoms with Gasteiger partial charge in [-0.1, -0.05) is 6.92 Å².